The van der Waals surface area contributed by atoms with Gasteiger partial charge in [0.1, 0.15) is 5.75 Å². The highest BCUT2D eigenvalue weighted by Gasteiger charge is 2.32. The predicted octanol–water partition coefficient (Wildman–Crippen LogP) is 4.71. The number of hydrogen-bond acceptors (Lipinski definition) is 4. The standard InChI is InChI=1S/C17H16F3NO3S/c1-2-23-12-7-9-13(10-8-12)25-11-16(22)21-14-5-3-4-6-15(14)24-17(18,19)20/h3-10H,2,11H2,1H3,(H,21,22). The lowest BCUT2D eigenvalue weighted by Gasteiger charge is -2.13. The van der Waals surface area contributed by atoms with Crippen LogP contribution in [0.25, 0.3) is 0 Å². The first kappa shape index (κ1) is 19.0. The number of amides is 1. The van der Waals surface area contributed by atoms with Crippen LogP contribution in [-0.2, 0) is 4.79 Å². The van der Waals surface area contributed by atoms with Gasteiger partial charge in [0, 0.05) is 4.90 Å². The summed E-state index contributed by atoms with van der Waals surface area (Å²) in [6.45, 7) is 2.45. The summed E-state index contributed by atoms with van der Waals surface area (Å²) in [5.74, 6) is -0.102. The van der Waals surface area contributed by atoms with Crippen LogP contribution in [0.1, 0.15) is 6.92 Å². The summed E-state index contributed by atoms with van der Waals surface area (Å²) in [6, 6.07) is 12.6. The van der Waals surface area contributed by atoms with Crippen LogP contribution in [0, 0.1) is 0 Å². The van der Waals surface area contributed by atoms with Crippen molar-refractivity contribution in [3.05, 3.63) is 48.5 Å². The molecule has 1 amide bonds. The predicted molar refractivity (Wildman–Crippen MR) is 90.1 cm³/mol. The zero-order valence-corrected chi connectivity index (χ0v) is 14.1. The van der Waals surface area contributed by atoms with Crippen molar-refractivity contribution in [1.82, 2.24) is 0 Å². The highest BCUT2D eigenvalue weighted by Crippen LogP contribution is 2.30. The van der Waals surface area contributed by atoms with Crippen LogP contribution in [0.4, 0.5) is 18.9 Å². The van der Waals surface area contributed by atoms with E-state index in [4.69, 9.17) is 4.74 Å². The Morgan fingerprint density at radius 1 is 1.12 bits per heavy atom. The van der Waals surface area contributed by atoms with Crippen molar-refractivity contribution >= 4 is 23.4 Å². The Bertz CT molecular complexity index is 705. The molecule has 134 valence electrons. The Balaban J connectivity index is 1.92. The Kier molecular flexibility index (Phi) is 6.58. The molecule has 2 aromatic rings. The van der Waals surface area contributed by atoms with Gasteiger partial charge in [-0.05, 0) is 43.3 Å². The molecule has 0 radical (unpaired) electrons. The fourth-order valence-corrected chi connectivity index (χ4v) is 2.62. The van der Waals surface area contributed by atoms with Crippen molar-refractivity contribution < 1.29 is 27.4 Å². The number of alkyl halides is 3. The zero-order valence-electron chi connectivity index (χ0n) is 13.3. The number of carbonyl (C=O) groups excluding carboxylic acids is 1. The normalized spacial score (nSPS) is 11.0. The second-order valence-corrected chi connectivity index (χ2v) is 5.83. The van der Waals surface area contributed by atoms with Crippen molar-refractivity contribution in [2.24, 2.45) is 0 Å². The molecule has 8 heteroatoms. The van der Waals surface area contributed by atoms with Crippen molar-refractivity contribution in [1.29, 1.82) is 0 Å². The van der Waals surface area contributed by atoms with E-state index in [1.165, 1.54) is 30.0 Å². The van der Waals surface area contributed by atoms with E-state index in [-0.39, 0.29) is 11.4 Å². The molecule has 0 spiro atoms. The van der Waals surface area contributed by atoms with Crippen LogP contribution in [0.3, 0.4) is 0 Å². The minimum Gasteiger partial charge on any atom is -0.494 e. The van der Waals surface area contributed by atoms with Gasteiger partial charge in [-0.2, -0.15) is 0 Å². The molecule has 25 heavy (non-hydrogen) atoms. The Morgan fingerprint density at radius 3 is 2.44 bits per heavy atom. The summed E-state index contributed by atoms with van der Waals surface area (Å²) in [7, 11) is 0. The Hall–Kier alpha value is -2.35. The molecule has 0 aliphatic rings. The average molecular weight is 371 g/mol. The smallest absolute Gasteiger partial charge is 0.494 e. The largest absolute Gasteiger partial charge is 0.573 e. The second kappa shape index (κ2) is 8.66. The summed E-state index contributed by atoms with van der Waals surface area (Å²) in [5, 5.41) is 2.43. The van der Waals surface area contributed by atoms with Crippen LogP contribution < -0.4 is 14.8 Å². The topological polar surface area (TPSA) is 47.6 Å². The van der Waals surface area contributed by atoms with Crippen LogP contribution in [0.5, 0.6) is 11.5 Å². The SMILES string of the molecule is CCOc1ccc(SCC(=O)Nc2ccccc2OC(F)(F)F)cc1. The van der Waals surface area contributed by atoms with Gasteiger partial charge < -0.3 is 14.8 Å². The van der Waals surface area contributed by atoms with E-state index in [0.29, 0.717) is 6.61 Å². The fourth-order valence-electron chi connectivity index (χ4n) is 1.92. The van der Waals surface area contributed by atoms with Gasteiger partial charge in [-0.1, -0.05) is 12.1 Å². The lowest BCUT2D eigenvalue weighted by Crippen LogP contribution is -2.20. The fraction of sp³-hybridized carbons (Fsp3) is 0.235. The highest BCUT2D eigenvalue weighted by atomic mass is 32.2. The first-order valence-electron chi connectivity index (χ1n) is 7.37. The molecule has 0 bridgehead atoms. The first-order valence-corrected chi connectivity index (χ1v) is 8.36. The molecular formula is C17H16F3NO3S. The van der Waals surface area contributed by atoms with Crippen LogP contribution in [0.2, 0.25) is 0 Å². The van der Waals surface area contributed by atoms with Crippen LogP contribution in [0.15, 0.2) is 53.4 Å². The molecule has 2 aromatic carbocycles. The van der Waals surface area contributed by atoms with Gasteiger partial charge in [-0.3, -0.25) is 4.79 Å². The third kappa shape index (κ3) is 6.58. The second-order valence-electron chi connectivity index (χ2n) is 4.79. The lowest BCUT2D eigenvalue weighted by atomic mass is 10.3. The van der Waals surface area contributed by atoms with Gasteiger partial charge in [0.05, 0.1) is 18.0 Å². The number of para-hydroxylation sites is 2. The molecule has 0 heterocycles. The number of hydrogen-bond donors (Lipinski definition) is 1. The molecule has 2 rings (SSSR count). The number of ether oxygens (including phenoxy) is 2. The van der Waals surface area contributed by atoms with Gasteiger partial charge in [-0.25, -0.2) is 0 Å². The molecule has 0 atom stereocenters. The number of anilines is 1. The Labute approximate surface area is 147 Å². The van der Waals surface area contributed by atoms with E-state index in [9.17, 15) is 18.0 Å². The van der Waals surface area contributed by atoms with Gasteiger partial charge in [0.15, 0.2) is 5.75 Å². The molecule has 0 saturated heterocycles. The van der Waals surface area contributed by atoms with Gasteiger partial charge >= 0.3 is 6.36 Å². The average Bonchev–Trinajstić information content (AvgIpc) is 2.55. The molecule has 0 saturated carbocycles. The van der Waals surface area contributed by atoms with E-state index >= 15 is 0 Å². The summed E-state index contributed by atoms with van der Waals surface area (Å²) in [4.78, 5) is 12.8. The third-order valence-corrected chi connectivity index (χ3v) is 3.90. The number of rotatable bonds is 7. The highest BCUT2D eigenvalue weighted by molar-refractivity contribution is 8.00. The van der Waals surface area contributed by atoms with E-state index in [1.54, 1.807) is 12.1 Å². The van der Waals surface area contributed by atoms with Gasteiger partial charge in [0.25, 0.3) is 0 Å². The first-order chi connectivity index (χ1) is 11.9. The molecule has 0 fully saturated rings. The molecule has 0 unspecified atom stereocenters. The summed E-state index contributed by atoms with van der Waals surface area (Å²) >= 11 is 1.26. The molecule has 0 aromatic heterocycles. The van der Waals surface area contributed by atoms with E-state index in [2.05, 4.69) is 10.1 Å². The van der Waals surface area contributed by atoms with Gasteiger partial charge in [0.2, 0.25) is 5.91 Å². The van der Waals surface area contributed by atoms with Crippen molar-refractivity contribution in [3.63, 3.8) is 0 Å². The van der Waals surface area contributed by atoms with E-state index in [0.717, 1.165) is 16.7 Å². The van der Waals surface area contributed by atoms with Crippen molar-refractivity contribution in [2.45, 2.75) is 18.2 Å². The maximum atomic E-state index is 12.4. The van der Waals surface area contributed by atoms with Gasteiger partial charge in [-0.15, -0.1) is 24.9 Å². The van der Waals surface area contributed by atoms with Crippen LogP contribution in [-0.4, -0.2) is 24.6 Å². The molecule has 0 aliphatic heterocycles. The minimum absolute atomic E-state index is 0.0304. The molecule has 0 aliphatic carbocycles. The molecule has 4 nitrogen and oxygen atoms in total. The van der Waals surface area contributed by atoms with Crippen LogP contribution >= 0.6 is 11.8 Å². The van der Waals surface area contributed by atoms with Crippen molar-refractivity contribution in [3.8, 4) is 11.5 Å². The molecular weight excluding hydrogens is 355 g/mol. The number of nitrogens with one attached hydrogen (secondary N) is 1. The summed E-state index contributed by atoms with van der Waals surface area (Å²) < 4.78 is 46.3. The zero-order chi connectivity index (χ0) is 18.3. The lowest BCUT2D eigenvalue weighted by molar-refractivity contribution is -0.274. The number of carbonyl (C=O) groups is 1. The van der Waals surface area contributed by atoms with Crippen molar-refractivity contribution in [2.75, 3.05) is 17.7 Å². The Morgan fingerprint density at radius 2 is 1.80 bits per heavy atom. The molecule has 1 N–H and O–H groups in total. The monoisotopic (exact) mass is 371 g/mol. The maximum absolute atomic E-state index is 12.4. The maximum Gasteiger partial charge on any atom is 0.573 e. The minimum atomic E-state index is -4.82. The quantitative estimate of drug-likeness (QED) is 0.716. The van der Waals surface area contributed by atoms with E-state index in [1.807, 2.05) is 19.1 Å². The number of thioether (sulfide) groups is 1. The van der Waals surface area contributed by atoms with E-state index < -0.39 is 18.0 Å². The number of halogens is 3. The summed E-state index contributed by atoms with van der Waals surface area (Å²) in [5.41, 5.74) is -0.0304. The number of benzene rings is 2. The summed E-state index contributed by atoms with van der Waals surface area (Å²) in [6.07, 6.45) is -4.82. The third-order valence-electron chi connectivity index (χ3n) is 2.89.